The Kier molecular flexibility index (Phi) is 4.14. The summed E-state index contributed by atoms with van der Waals surface area (Å²) in [5.74, 6) is -0.236. The SMILES string of the molecule is CC(CCN(C)C)Nc1nc2cc(F)ccc2s1. The third kappa shape index (κ3) is 3.40. The van der Waals surface area contributed by atoms with Crippen molar-refractivity contribution in [2.45, 2.75) is 19.4 Å². The van der Waals surface area contributed by atoms with Crippen LogP contribution in [0.3, 0.4) is 0 Å². The molecular formula is C13H18FN3S. The predicted octanol–water partition coefficient (Wildman–Crippen LogP) is 3.19. The highest BCUT2D eigenvalue weighted by Crippen LogP contribution is 2.26. The quantitative estimate of drug-likeness (QED) is 0.901. The maximum Gasteiger partial charge on any atom is 0.184 e. The zero-order chi connectivity index (χ0) is 13.1. The first-order valence-corrected chi connectivity index (χ1v) is 6.83. The second-order valence-corrected chi connectivity index (χ2v) is 5.80. The number of aromatic nitrogens is 1. The molecule has 0 saturated carbocycles. The molecule has 98 valence electrons. The fraction of sp³-hybridized carbons (Fsp3) is 0.462. The first kappa shape index (κ1) is 13.2. The van der Waals surface area contributed by atoms with Crippen LogP contribution in [0, 0.1) is 5.82 Å². The van der Waals surface area contributed by atoms with Gasteiger partial charge in [-0.25, -0.2) is 9.37 Å². The smallest absolute Gasteiger partial charge is 0.184 e. The van der Waals surface area contributed by atoms with E-state index in [9.17, 15) is 4.39 Å². The number of halogens is 1. The third-order valence-corrected chi connectivity index (χ3v) is 3.70. The van der Waals surface area contributed by atoms with E-state index < -0.39 is 0 Å². The highest BCUT2D eigenvalue weighted by Gasteiger charge is 2.08. The second kappa shape index (κ2) is 5.63. The molecule has 0 bridgehead atoms. The molecule has 0 amide bonds. The zero-order valence-corrected chi connectivity index (χ0v) is 11.7. The van der Waals surface area contributed by atoms with Gasteiger partial charge in [-0.05, 0) is 46.1 Å². The summed E-state index contributed by atoms with van der Waals surface area (Å²) in [4.78, 5) is 6.55. The van der Waals surface area contributed by atoms with E-state index in [0.29, 0.717) is 6.04 Å². The molecule has 18 heavy (non-hydrogen) atoms. The topological polar surface area (TPSA) is 28.2 Å². The van der Waals surface area contributed by atoms with E-state index in [1.807, 2.05) is 0 Å². The number of rotatable bonds is 5. The number of anilines is 1. The molecule has 0 aliphatic heterocycles. The molecule has 1 aromatic heterocycles. The maximum atomic E-state index is 13.1. The van der Waals surface area contributed by atoms with Crippen molar-refractivity contribution in [3.05, 3.63) is 24.0 Å². The van der Waals surface area contributed by atoms with E-state index in [0.717, 1.165) is 28.3 Å². The second-order valence-electron chi connectivity index (χ2n) is 4.77. The number of thiazole rings is 1. The number of nitrogens with one attached hydrogen (secondary N) is 1. The minimum absolute atomic E-state index is 0.236. The van der Waals surface area contributed by atoms with Crippen LogP contribution in [-0.2, 0) is 0 Å². The number of hydrogen-bond acceptors (Lipinski definition) is 4. The Morgan fingerprint density at radius 2 is 2.22 bits per heavy atom. The minimum Gasteiger partial charge on any atom is -0.359 e. The summed E-state index contributed by atoms with van der Waals surface area (Å²) in [6.07, 6.45) is 1.05. The Labute approximate surface area is 111 Å². The van der Waals surface area contributed by atoms with Crippen LogP contribution in [0.5, 0.6) is 0 Å². The van der Waals surface area contributed by atoms with E-state index >= 15 is 0 Å². The van der Waals surface area contributed by atoms with Gasteiger partial charge in [0.25, 0.3) is 0 Å². The Morgan fingerprint density at radius 3 is 2.94 bits per heavy atom. The van der Waals surface area contributed by atoms with E-state index in [2.05, 4.69) is 36.2 Å². The van der Waals surface area contributed by atoms with Crippen molar-refractivity contribution in [2.75, 3.05) is 26.0 Å². The molecule has 1 unspecified atom stereocenters. The number of hydrogen-bond donors (Lipinski definition) is 1. The summed E-state index contributed by atoms with van der Waals surface area (Å²) in [6, 6.07) is 5.08. The van der Waals surface area contributed by atoms with Gasteiger partial charge in [0.15, 0.2) is 5.13 Å². The molecular weight excluding hydrogens is 249 g/mol. The lowest BCUT2D eigenvalue weighted by Gasteiger charge is -2.15. The Balaban J connectivity index is 2.03. The molecule has 1 atom stereocenters. The van der Waals surface area contributed by atoms with Gasteiger partial charge in [0.05, 0.1) is 10.2 Å². The number of benzene rings is 1. The van der Waals surface area contributed by atoms with Crippen molar-refractivity contribution in [3.8, 4) is 0 Å². The molecule has 1 aromatic carbocycles. The summed E-state index contributed by atoms with van der Waals surface area (Å²) < 4.78 is 14.1. The first-order valence-electron chi connectivity index (χ1n) is 6.02. The molecule has 3 nitrogen and oxygen atoms in total. The summed E-state index contributed by atoms with van der Waals surface area (Å²) in [7, 11) is 4.13. The Bertz CT molecular complexity index is 524. The Morgan fingerprint density at radius 1 is 1.44 bits per heavy atom. The summed E-state index contributed by atoms with van der Waals surface area (Å²) in [5.41, 5.74) is 0.724. The van der Waals surface area contributed by atoms with Crippen molar-refractivity contribution in [2.24, 2.45) is 0 Å². The van der Waals surface area contributed by atoms with E-state index in [4.69, 9.17) is 0 Å². The third-order valence-electron chi connectivity index (χ3n) is 2.73. The number of fused-ring (bicyclic) bond motifs is 1. The minimum atomic E-state index is -0.236. The summed E-state index contributed by atoms with van der Waals surface area (Å²) in [5, 5.41) is 4.23. The fourth-order valence-corrected chi connectivity index (χ4v) is 2.65. The number of nitrogens with zero attached hydrogens (tertiary/aromatic N) is 2. The molecule has 5 heteroatoms. The lowest BCUT2D eigenvalue weighted by atomic mass is 10.2. The van der Waals surface area contributed by atoms with Crippen LogP contribution >= 0.6 is 11.3 Å². The van der Waals surface area contributed by atoms with E-state index in [-0.39, 0.29) is 5.82 Å². The molecule has 2 rings (SSSR count). The van der Waals surface area contributed by atoms with E-state index in [1.165, 1.54) is 12.1 Å². The molecule has 1 N–H and O–H groups in total. The van der Waals surface area contributed by atoms with E-state index in [1.54, 1.807) is 17.4 Å². The normalized spacial score (nSPS) is 13.2. The highest BCUT2D eigenvalue weighted by molar-refractivity contribution is 7.22. The molecule has 0 radical (unpaired) electrons. The van der Waals surface area contributed by atoms with Crippen molar-refractivity contribution in [1.82, 2.24) is 9.88 Å². The monoisotopic (exact) mass is 267 g/mol. The van der Waals surface area contributed by atoms with Crippen molar-refractivity contribution >= 4 is 26.7 Å². The molecule has 1 heterocycles. The van der Waals surface area contributed by atoms with Crippen molar-refractivity contribution in [3.63, 3.8) is 0 Å². The van der Waals surface area contributed by atoms with Gasteiger partial charge in [0.1, 0.15) is 5.82 Å². The van der Waals surface area contributed by atoms with Crippen molar-refractivity contribution < 1.29 is 4.39 Å². The highest BCUT2D eigenvalue weighted by atomic mass is 32.1. The summed E-state index contributed by atoms with van der Waals surface area (Å²) >= 11 is 1.57. The first-order chi connectivity index (χ1) is 8.54. The largest absolute Gasteiger partial charge is 0.359 e. The average Bonchev–Trinajstić information content (AvgIpc) is 2.67. The molecule has 0 spiro atoms. The van der Waals surface area contributed by atoms with Crippen LogP contribution < -0.4 is 5.32 Å². The van der Waals surface area contributed by atoms with Gasteiger partial charge >= 0.3 is 0 Å². The van der Waals surface area contributed by atoms with Gasteiger partial charge in [-0.3, -0.25) is 0 Å². The van der Waals surface area contributed by atoms with Gasteiger partial charge < -0.3 is 10.2 Å². The lowest BCUT2D eigenvalue weighted by Crippen LogP contribution is -2.22. The van der Waals surface area contributed by atoms with Gasteiger partial charge in [0.2, 0.25) is 0 Å². The molecule has 0 aliphatic rings. The lowest BCUT2D eigenvalue weighted by molar-refractivity contribution is 0.390. The van der Waals surface area contributed by atoms with Gasteiger partial charge in [-0.2, -0.15) is 0 Å². The van der Waals surface area contributed by atoms with Gasteiger partial charge in [-0.1, -0.05) is 11.3 Å². The fourth-order valence-electron chi connectivity index (χ4n) is 1.70. The predicted molar refractivity (Wildman–Crippen MR) is 75.8 cm³/mol. The van der Waals surface area contributed by atoms with Crippen LogP contribution in [0.2, 0.25) is 0 Å². The van der Waals surface area contributed by atoms with Crippen LogP contribution in [0.15, 0.2) is 18.2 Å². The average molecular weight is 267 g/mol. The molecule has 0 fully saturated rings. The van der Waals surface area contributed by atoms with Crippen LogP contribution in [0.4, 0.5) is 9.52 Å². The molecule has 0 saturated heterocycles. The standard InChI is InChI=1S/C13H18FN3S/c1-9(6-7-17(2)3)15-13-16-11-8-10(14)4-5-12(11)18-13/h4-5,8-9H,6-7H2,1-3H3,(H,15,16). The van der Waals surface area contributed by atoms with Crippen molar-refractivity contribution in [1.29, 1.82) is 0 Å². The van der Waals surface area contributed by atoms with Crippen LogP contribution in [0.25, 0.3) is 10.2 Å². The van der Waals surface area contributed by atoms with Crippen LogP contribution in [-0.4, -0.2) is 36.6 Å². The molecule has 0 aliphatic carbocycles. The van der Waals surface area contributed by atoms with Gasteiger partial charge in [-0.15, -0.1) is 0 Å². The molecule has 2 aromatic rings. The summed E-state index contributed by atoms with van der Waals surface area (Å²) in [6.45, 7) is 3.17. The Hall–Kier alpha value is -1.20. The van der Waals surface area contributed by atoms with Crippen LogP contribution in [0.1, 0.15) is 13.3 Å². The van der Waals surface area contributed by atoms with Gasteiger partial charge in [0, 0.05) is 12.1 Å². The zero-order valence-electron chi connectivity index (χ0n) is 10.9. The maximum absolute atomic E-state index is 13.1.